The number of ketones is 1. The van der Waals surface area contributed by atoms with E-state index >= 15 is 0 Å². The first-order chi connectivity index (χ1) is 12.6. The van der Waals surface area contributed by atoms with Gasteiger partial charge in [0.2, 0.25) is 5.91 Å². The zero-order valence-corrected chi connectivity index (χ0v) is 13.5. The summed E-state index contributed by atoms with van der Waals surface area (Å²) >= 11 is 0. The number of benzene rings is 2. The Hall–Kier alpha value is -3.53. The van der Waals surface area contributed by atoms with Gasteiger partial charge in [0.05, 0.1) is 23.0 Å². The van der Waals surface area contributed by atoms with E-state index in [1.165, 1.54) is 18.2 Å². The minimum absolute atomic E-state index is 0.0874. The summed E-state index contributed by atoms with van der Waals surface area (Å²) in [6.45, 7) is 0. The van der Waals surface area contributed by atoms with E-state index in [1.54, 1.807) is 12.1 Å². The third-order valence-corrected chi connectivity index (χ3v) is 4.49. The molecule has 0 aliphatic carbocycles. The first kappa shape index (κ1) is 16.0. The van der Waals surface area contributed by atoms with Gasteiger partial charge in [0.1, 0.15) is 11.6 Å². The molecule has 0 spiro atoms. The molecule has 1 aliphatic rings. The zero-order chi connectivity index (χ0) is 18.3. The molecule has 2 heterocycles. The number of imidazole rings is 1. The Kier molecular flexibility index (Phi) is 3.73. The quantitative estimate of drug-likeness (QED) is 0.760. The van der Waals surface area contributed by atoms with Crippen molar-refractivity contribution in [3.63, 3.8) is 0 Å². The van der Waals surface area contributed by atoms with Crippen LogP contribution in [-0.4, -0.2) is 21.7 Å². The van der Waals surface area contributed by atoms with Crippen LogP contribution in [0.3, 0.4) is 0 Å². The number of carbonyl (C=O) groups excluding carboxylic acids is 2. The van der Waals surface area contributed by atoms with Gasteiger partial charge in [-0.2, -0.15) is 5.26 Å². The number of halogens is 1. The number of nitrogens with one attached hydrogen (secondary N) is 2. The van der Waals surface area contributed by atoms with Crippen LogP contribution in [0.5, 0.6) is 0 Å². The van der Waals surface area contributed by atoms with Crippen molar-refractivity contribution in [1.29, 1.82) is 5.26 Å². The van der Waals surface area contributed by atoms with Gasteiger partial charge in [-0.1, -0.05) is 18.2 Å². The largest absolute Gasteiger partial charge is 0.340 e. The average Bonchev–Trinajstić information content (AvgIpc) is 3.04. The number of hydrogen-bond donors (Lipinski definition) is 2. The van der Waals surface area contributed by atoms with Crippen LogP contribution in [0.25, 0.3) is 11.0 Å². The van der Waals surface area contributed by atoms with Crippen molar-refractivity contribution in [2.75, 3.05) is 5.32 Å². The van der Waals surface area contributed by atoms with Crippen molar-refractivity contribution >= 4 is 28.4 Å². The Morgan fingerprint density at radius 3 is 2.88 bits per heavy atom. The molecule has 26 heavy (non-hydrogen) atoms. The van der Waals surface area contributed by atoms with Gasteiger partial charge in [-0.3, -0.25) is 9.59 Å². The molecule has 4 rings (SSSR count). The van der Waals surface area contributed by atoms with Gasteiger partial charge in [-0.25, -0.2) is 9.37 Å². The van der Waals surface area contributed by atoms with Crippen molar-refractivity contribution in [3.8, 4) is 6.07 Å². The smallest absolute Gasteiger partial charge is 0.225 e. The molecule has 7 heteroatoms. The number of fused-ring (bicyclic) bond motifs is 2. The lowest BCUT2D eigenvalue weighted by Gasteiger charge is -2.25. The Labute approximate surface area is 147 Å². The molecule has 2 N–H and O–H groups in total. The normalized spacial score (nSPS) is 17.2. The van der Waals surface area contributed by atoms with Crippen molar-refractivity contribution in [2.24, 2.45) is 0 Å². The van der Waals surface area contributed by atoms with Crippen LogP contribution < -0.4 is 5.32 Å². The number of rotatable bonds is 3. The van der Waals surface area contributed by atoms with Gasteiger partial charge in [-0.15, -0.1) is 0 Å². The second kappa shape index (κ2) is 6.08. The summed E-state index contributed by atoms with van der Waals surface area (Å²) in [4.78, 5) is 32.3. The lowest BCUT2D eigenvalue weighted by Crippen LogP contribution is -2.30. The molecule has 0 saturated carbocycles. The number of hydrogen-bond acceptors (Lipinski definition) is 4. The van der Waals surface area contributed by atoms with E-state index in [2.05, 4.69) is 15.3 Å². The van der Waals surface area contributed by atoms with Crippen molar-refractivity contribution in [2.45, 2.75) is 18.3 Å². The number of anilines is 1. The van der Waals surface area contributed by atoms with Gasteiger partial charge >= 0.3 is 0 Å². The summed E-state index contributed by atoms with van der Waals surface area (Å²) < 4.78 is 13.5. The van der Waals surface area contributed by atoms with E-state index in [0.717, 1.165) is 5.52 Å². The Balaban J connectivity index is 1.74. The number of aromatic amines is 1. The van der Waals surface area contributed by atoms with E-state index in [4.69, 9.17) is 0 Å². The molecule has 1 aliphatic heterocycles. The van der Waals surface area contributed by atoms with Crippen LogP contribution in [0, 0.1) is 17.1 Å². The molecule has 1 aromatic heterocycles. The monoisotopic (exact) mass is 348 g/mol. The molecule has 2 atom stereocenters. The van der Waals surface area contributed by atoms with Gasteiger partial charge in [-0.05, 0) is 29.8 Å². The van der Waals surface area contributed by atoms with Crippen LogP contribution in [-0.2, 0) is 9.59 Å². The van der Waals surface area contributed by atoms with Gasteiger partial charge in [0.15, 0.2) is 11.7 Å². The minimum atomic E-state index is -1.14. The highest BCUT2D eigenvalue weighted by atomic mass is 19.1. The second-order valence-corrected chi connectivity index (χ2v) is 6.14. The number of nitrogens with zero attached hydrogens (tertiary/aromatic N) is 2. The number of Topliss-reactive ketones (excluding diaryl/α,β-unsaturated/α-hetero) is 1. The molecular weight excluding hydrogens is 335 g/mol. The number of para-hydroxylation sites is 2. The fraction of sp³-hybridized carbons (Fsp3) is 0.158. The topological polar surface area (TPSA) is 98.6 Å². The molecule has 2 aromatic carbocycles. The van der Waals surface area contributed by atoms with Crippen molar-refractivity contribution < 1.29 is 14.0 Å². The molecular formula is C19H13FN4O2. The maximum Gasteiger partial charge on any atom is 0.225 e. The van der Waals surface area contributed by atoms with Gasteiger partial charge in [0, 0.05) is 12.1 Å². The highest BCUT2D eigenvalue weighted by molar-refractivity contribution is 6.04. The van der Waals surface area contributed by atoms with E-state index < -0.39 is 23.4 Å². The maximum absolute atomic E-state index is 13.5. The standard InChI is InChI=1S/C19H13FN4O2/c20-10-5-6-11-12(8-17(25)22-16(11)7-10)18(26)13(9-21)19-23-14-3-1-2-4-15(14)24-19/h1-7,12-13H,8H2,(H,22,25)(H,23,24)/t12-,13+/m1/s1. The van der Waals surface area contributed by atoms with Crippen LogP contribution in [0.2, 0.25) is 0 Å². The predicted octanol–water partition coefficient (Wildman–Crippen LogP) is 3.00. The van der Waals surface area contributed by atoms with Crippen LogP contribution in [0.4, 0.5) is 10.1 Å². The molecule has 3 aromatic rings. The Morgan fingerprint density at radius 1 is 1.31 bits per heavy atom. The summed E-state index contributed by atoms with van der Waals surface area (Å²) in [5, 5.41) is 12.1. The lowest BCUT2D eigenvalue weighted by atomic mass is 9.82. The molecule has 0 saturated heterocycles. The zero-order valence-electron chi connectivity index (χ0n) is 13.5. The molecule has 1 amide bonds. The number of carbonyl (C=O) groups is 2. The number of aromatic nitrogens is 2. The van der Waals surface area contributed by atoms with Gasteiger partial charge in [0.25, 0.3) is 0 Å². The molecule has 0 bridgehead atoms. The third kappa shape index (κ3) is 2.62. The number of nitriles is 1. The highest BCUT2D eigenvalue weighted by Gasteiger charge is 2.36. The van der Waals surface area contributed by atoms with E-state index in [1.807, 2.05) is 18.2 Å². The van der Waals surface area contributed by atoms with Crippen LogP contribution in [0.15, 0.2) is 42.5 Å². The fourth-order valence-electron chi connectivity index (χ4n) is 3.26. The SMILES string of the molecule is N#C[C@@H](C(=O)[C@@H]1CC(=O)Nc2cc(F)ccc21)c1nc2ccccc2[nH]1. The molecule has 0 radical (unpaired) electrons. The van der Waals surface area contributed by atoms with Crippen LogP contribution >= 0.6 is 0 Å². The summed E-state index contributed by atoms with van der Waals surface area (Å²) in [5.41, 5.74) is 2.15. The number of amides is 1. The molecule has 128 valence electrons. The van der Waals surface area contributed by atoms with Crippen molar-refractivity contribution in [1.82, 2.24) is 9.97 Å². The highest BCUT2D eigenvalue weighted by Crippen LogP contribution is 2.36. The third-order valence-electron chi connectivity index (χ3n) is 4.49. The molecule has 0 unspecified atom stereocenters. The number of H-pyrrole nitrogens is 1. The lowest BCUT2D eigenvalue weighted by molar-refractivity contribution is -0.125. The summed E-state index contributed by atoms with van der Waals surface area (Å²) in [5.74, 6) is -3.05. The predicted molar refractivity (Wildman–Crippen MR) is 91.8 cm³/mol. The summed E-state index contributed by atoms with van der Waals surface area (Å²) in [7, 11) is 0. The second-order valence-electron chi connectivity index (χ2n) is 6.14. The van der Waals surface area contributed by atoms with Crippen molar-refractivity contribution in [3.05, 3.63) is 59.7 Å². The minimum Gasteiger partial charge on any atom is -0.340 e. The maximum atomic E-state index is 13.5. The summed E-state index contributed by atoms with van der Waals surface area (Å²) in [6, 6.07) is 13.1. The average molecular weight is 348 g/mol. The molecule has 6 nitrogen and oxygen atoms in total. The van der Waals surface area contributed by atoms with E-state index in [-0.39, 0.29) is 23.8 Å². The first-order valence-corrected chi connectivity index (χ1v) is 8.04. The Bertz CT molecular complexity index is 1050. The molecule has 0 fully saturated rings. The fourth-order valence-corrected chi connectivity index (χ4v) is 3.26. The Morgan fingerprint density at radius 2 is 2.12 bits per heavy atom. The van der Waals surface area contributed by atoms with Gasteiger partial charge < -0.3 is 10.3 Å². The van der Waals surface area contributed by atoms with E-state index in [9.17, 15) is 19.2 Å². The summed E-state index contributed by atoms with van der Waals surface area (Å²) in [6.07, 6.45) is -0.0874. The van der Waals surface area contributed by atoms with E-state index in [0.29, 0.717) is 11.1 Å². The van der Waals surface area contributed by atoms with Crippen LogP contribution in [0.1, 0.15) is 29.6 Å². The first-order valence-electron chi connectivity index (χ1n) is 8.04.